The standard InChI is InChI=1S/C37H36ClN3O3S/c1-22-18-29-33(45-34(41-29)25-16-17-40-28(20-25)24-10-9-11-27(19-24)39-8)32(23-12-14-26(38)15-13-23)31(22)30(44-37(5,6)7)21-43-35(42)36(2,3)4/h9-20,30H,21H2,1-7H3/t30-/m1/s1. The van der Waals surface area contributed by atoms with Crippen LogP contribution in [0.25, 0.3) is 48.0 Å². The minimum Gasteiger partial charge on any atom is -0.462 e. The normalized spacial score (nSPS) is 12.6. The number of carbonyl (C=O) groups excluding carboxylic acids is 1. The van der Waals surface area contributed by atoms with Gasteiger partial charge in [0, 0.05) is 22.3 Å². The summed E-state index contributed by atoms with van der Waals surface area (Å²) in [6, 6.07) is 21.2. The van der Waals surface area contributed by atoms with Crippen LogP contribution in [0.1, 0.15) is 58.8 Å². The van der Waals surface area contributed by atoms with Crippen LogP contribution in [0.2, 0.25) is 5.02 Å². The lowest BCUT2D eigenvalue weighted by Gasteiger charge is -2.31. The molecule has 0 aliphatic heterocycles. The number of thiazole rings is 1. The number of ether oxygens (including phenoxy) is 2. The largest absolute Gasteiger partial charge is 0.462 e. The van der Waals surface area contributed by atoms with E-state index in [2.05, 4.69) is 15.9 Å². The Hall–Kier alpha value is -4.09. The van der Waals surface area contributed by atoms with Gasteiger partial charge in [-0.2, -0.15) is 0 Å². The predicted octanol–water partition coefficient (Wildman–Crippen LogP) is 10.7. The summed E-state index contributed by atoms with van der Waals surface area (Å²) in [5.41, 5.74) is 6.72. The Morgan fingerprint density at radius 2 is 1.71 bits per heavy atom. The zero-order valence-electron chi connectivity index (χ0n) is 26.6. The van der Waals surface area contributed by atoms with E-state index in [9.17, 15) is 4.79 Å². The number of aromatic nitrogens is 2. The van der Waals surface area contributed by atoms with Crippen molar-refractivity contribution in [3.8, 4) is 33.0 Å². The third-order valence-electron chi connectivity index (χ3n) is 7.13. The molecule has 8 heteroatoms. The lowest BCUT2D eigenvalue weighted by atomic mass is 9.91. The summed E-state index contributed by atoms with van der Waals surface area (Å²) in [5.74, 6) is -0.285. The lowest BCUT2D eigenvalue weighted by molar-refractivity contribution is -0.162. The van der Waals surface area contributed by atoms with Gasteiger partial charge in [0.25, 0.3) is 0 Å². The number of benzene rings is 3. The Balaban J connectivity index is 1.69. The molecule has 0 saturated heterocycles. The van der Waals surface area contributed by atoms with E-state index in [0.29, 0.717) is 10.7 Å². The van der Waals surface area contributed by atoms with Gasteiger partial charge in [0.15, 0.2) is 5.69 Å². The van der Waals surface area contributed by atoms with Crippen LogP contribution in [0.3, 0.4) is 0 Å². The highest BCUT2D eigenvalue weighted by molar-refractivity contribution is 7.22. The van der Waals surface area contributed by atoms with Crippen molar-refractivity contribution in [3.05, 3.63) is 100 Å². The number of nitrogens with zero attached hydrogens (tertiary/aromatic N) is 3. The van der Waals surface area contributed by atoms with Crippen molar-refractivity contribution in [3.63, 3.8) is 0 Å². The summed E-state index contributed by atoms with van der Waals surface area (Å²) in [6.07, 6.45) is 1.24. The van der Waals surface area contributed by atoms with Crippen molar-refractivity contribution in [1.82, 2.24) is 9.97 Å². The maximum Gasteiger partial charge on any atom is 0.311 e. The molecular formula is C37H36ClN3O3S. The van der Waals surface area contributed by atoms with Gasteiger partial charge >= 0.3 is 5.97 Å². The van der Waals surface area contributed by atoms with E-state index in [1.807, 2.05) is 103 Å². The van der Waals surface area contributed by atoms with E-state index >= 15 is 0 Å². The van der Waals surface area contributed by atoms with E-state index < -0.39 is 17.1 Å². The van der Waals surface area contributed by atoms with Gasteiger partial charge in [-0.15, -0.1) is 11.3 Å². The van der Waals surface area contributed by atoms with Gasteiger partial charge < -0.3 is 9.47 Å². The molecule has 0 amide bonds. The fraction of sp³-hybridized carbons (Fsp3) is 0.297. The van der Waals surface area contributed by atoms with Crippen molar-refractivity contribution in [1.29, 1.82) is 0 Å². The zero-order valence-corrected chi connectivity index (χ0v) is 28.1. The number of rotatable bonds is 7. The van der Waals surface area contributed by atoms with Gasteiger partial charge in [0.05, 0.1) is 33.5 Å². The summed E-state index contributed by atoms with van der Waals surface area (Å²) in [4.78, 5) is 26.1. The first-order valence-corrected chi connectivity index (χ1v) is 15.9. The quantitative estimate of drug-likeness (QED) is 0.131. The summed E-state index contributed by atoms with van der Waals surface area (Å²) >= 11 is 7.91. The average molecular weight is 638 g/mol. The summed E-state index contributed by atoms with van der Waals surface area (Å²) in [5, 5.41) is 1.48. The van der Waals surface area contributed by atoms with Crippen LogP contribution in [0, 0.1) is 18.9 Å². The molecule has 0 radical (unpaired) electrons. The molecule has 0 unspecified atom stereocenters. The van der Waals surface area contributed by atoms with Crippen LogP contribution >= 0.6 is 22.9 Å². The second-order valence-corrected chi connectivity index (χ2v) is 14.5. The first-order valence-electron chi connectivity index (χ1n) is 14.7. The van der Waals surface area contributed by atoms with E-state index in [1.165, 1.54) is 0 Å². The van der Waals surface area contributed by atoms with Gasteiger partial charge in [-0.25, -0.2) is 9.83 Å². The van der Waals surface area contributed by atoms with Crippen LogP contribution in [-0.2, 0) is 14.3 Å². The summed E-state index contributed by atoms with van der Waals surface area (Å²) in [6.45, 7) is 21.0. The Labute approximate surface area is 273 Å². The number of halogens is 1. The predicted molar refractivity (Wildman–Crippen MR) is 184 cm³/mol. The first kappa shape index (κ1) is 32.3. The molecule has 6 nitrogen and oxygen atoms in total. The van der Waals surface area contributed by atoms with E-state index in [4.69, 9.17) is 32.6 Å². The highest BCUT2D eigenvalue weighted by Gasteiger charge is 2.31. The molecule has 0 N–H and O–H groups in total. The van der Waals surface area contributed by atoms with Gasteiger partial charge in [0.2, 0.25) is 0 Å². The summed E-state index contributed by atoms with van der Waals surface area (Å²) in [7, 11) is 0. The van der Waals surface area contributed by atoms with Crippen LogP contribution in [0.5, 0.6) is 0 Å². The molecule has 230 valence electrons. The molecule has 2 aromatic heterocycles. The molecular weight excluding hydrogens is 602 g/mol. The molecule has 0 saturated carbocycles. The maximum absolute atomic E-state index is 12.9. The van der Waals surface area contributed by atoms with Crippen LogP contribution in [-0.4, -0.2) is 28.1 Å². The van der Waals surface area contributed by atoms with E-state index in [-0.39, 0.29) is 12.6 Å². The fourth-order valence-corrected chi connectivity index (χ4v) is 6.33. The van der Waals surface area contributed by atoms with Crippen molar-refractivity contribution < 1.29 is 14.3 Å². The van der Waals surface area contributed by atoms with Crippen LogP contribution < -0.4 is 0 Å². The van der Waals surface area contributed by atoms with Gasteiger partial charge in [0.1, 0.15) is 17.7 Å². The maximum atomic E-state index is 12.9. The molecule has 1 atom stereocenters. The fourth-order valence-electron chi connectivity index (χ4n) is 5.08. The number of fused-ring (bicyclic) bond motifs is 1. The monoisotopic (exact) mass is 637 g/mol. The first-order chi connectivity index (χ1) is 21.2. The van der Waals surface area contributed by atoms with Gasteiger partial charge in [-0.1, -0.05) is 41.9 Å². The van der Waals surface area contributed by atoms with Crippen molar-refractivity contribution in [2.24, 2.45) is 5.41 Å². The Morgan fingerprint density at radius 1 is 0.978 bits per heavy atom. The molecule has 3 aromatic carbocycles. The molecule has 0 bridgehead atoms. The molecule has 0 aliphatic rings. The number of aryl methyl sites for hydroxylation is 1. The van der Waals surface area contributed by atoms with Crippen LogP contribution in [0.15, 0.2) is 72.9 Å². The number of esters is 1. The highest BCUT2D eigenvalue weighted by atomic mass is 35.5. The lowest BCUT2D eigenvalue weighted by Crippen LogP contribution is -2.30. The smallest absolute Gasteiger partial charge is 0.311 e. The zero-order chi connectivity index (χ0) is 32.5. The number of hydrogen-bond acceptors (Lipinski definition) is 6. The molecule has 45 heavy (non-hydrogen) atoms. The average Bonchev–Trinajstić information content (AvgIpc) is 3.41. The minimum atomic E-state index is -0.641. The molecule has 2 heterocycles. The third kappa shape index (κ3) is 7.42. The Bertz CT molecular complexity index is 1910. The molecule has 5 rings (SSSR count). The highest BCUT2D eigenvalue weighted by Crippen LogP contribution is 2.44. The minimum absolute atomic E-state index is 0.0728. The summed E-state index contributed by atoms with van der Waals surface area (Å²) < 4.78 is 13.5. The molecule has 0 aliphatic carbocycles. The molecule has 0 spiro atoms. The number of carbonyl (C=O) groups is 1. The van der Waals surface area contributed by atoms with Crippen molar-refractivity contribution >= 4 is 44.8 Å². The second-order valence-electron chi connectivity index (χ2n) is 13.0. The van der Waals surface area contributed by atoms with E-state index in [1.54, 1.807) is 23.6 Å². The number of pyridine rings is 1. The molecule has 0 fully saturated rings. The van der Waals surface area contributed by atoms with Crippen LogP contribution in [0.4, 0.5) is 5.69 Å². The van der Waals surface area contributed by atoms with Crippen molar-refractivity contribution in [2.75, 3.05) is 6.61 Å². The SMILES string of the molecule is [C-]#[N+]c1cccc(-c2cc(-c3nc4cc(C)c([C@@H](COC(=O)C(C)(C)C)OC(C)(C)C)c(-c5ccc(Cl)cc5)c4s3)ccn2)c1. The third-order valence-corrected chi connectivity index (χ3v) is 8.52. The Morgan fingerprint density at radius 3 is 2.38 bits per heavy atom. The van der Waals surface area contributed by atoms with Gasteiger partial charge in [-0.3, -0.25) is 9.78 Å². The number of hydrogen-bond donors (Lipinski definition) is 0. The second kappa shape index (κ2) is 12.7. The Kier molecular flexibility index (Phi) is 9.14. The topological polar surface area (TPSA) is 65.7 Å². The van der Waals surface area contributed by atoms with Crippen molar-refractivity contribution in [2.45, 2.75) is 60.2 Å². The molecule has 5 aromatic rings. The van der Waals surface area contributed by atoms with Gasteiger partial charge in [-0.05, 0) is 107 Å². The van der Waals surface area contributed by atoms with E-state index in [0.717, 1.165) is 54.3 Å².